The second-order valence-corrected chi connectivity index (χ2v) is 2.70. The van der Waals surface area contributed by atoms with Crippen LogP contribution in [0.3, 0.4) is 0 Å². The van der Waals surface area contributed by atoms with Crippen molar-refractivity contribution in [2.75, 3.05) is 25.2 Å². The molecular formula is C9H12N2O2. The Labute approximate surface area is 76.5 Å². The number of nitrogen functional groups attached to an aromatic ring is 2. The average molecular weight is 180 g/mol. The van der Waals surface area contributed by atoms with E-state index in [1.54, 1.807) is 18.2 Å². The molecular weight excluding hydrogens is 168 g/mol. The van der Waals surface area contributed by atoms with E-state index < -0.39 is 0 Å². The van der Waals surface area contributed by atoms with Crippen LogP contribution in [0.5, 0.6) is 0 Å². The van der Waals surface area contributed by atoms with E-state index in [9.17, 15) is 4.79 Å². The molecule has 4 heteroatoms. The molecule has 1 rings (SSSR count). The highest BCUT2D eigenvalue weighted by Crippen LogP contribution is 2.16. The third-order valence-corrected chi connectivity index (χ3v) is 1.68. The number of anilines is 2. The molecule has 0 aliphatic heterocycles. The van der Waals surface area contributed by atoms with Crippen LogP contribution in [0.2, 0.25) is 0 Å². The van der Waals surface area contributed by atoms with Crippen molar-refractivity contribution in [3.05, 3.63) is 23.8 Å². The fourth-order valence-electron chi connectivity index (χ4n) is 0.963. The predicted molar refractivity (Wildman–Crippen MR) is 51.5 cm³/mol. The summed E-state index contributed by atoms with van der Waals surface area (Å²) in [6, 6.07) is 4.79. The molecule has 0 spiro atoms. The number of Topliss-reactive ketones (excluding diaryl/α,β-unsaturated/α-hetero) is 1. The summed E-state index contributed by atoms with van der Waals surface area (Å²) in [7, 11) is 1.47. The largest absolute Gasteiger partial charge is 0.397 e. The molecule has 1 aromatic rings. The van der Waals surface area contributed by atoms with Crippen molar-refractivity contribution < 1.29 is 9.53 Å². The number of ketones is 1. The topological polar surface area (TPSA) is 78.3 Å². The van der Waals surface area contributed by atoms with Gasteiger partial charge in [0.25, 0.3) is 0 Å². The normalized spacial score (nSPS) is 9.92. The lowest BCUT2D eigenvalue weighted by molar-refractivity contribution is 0.0848. The van der Waals surface area contributed by atoms with E-state index in [-0.39, 0.29) is 12.4 Å². The number of ether oxygens (including phenoxy) is 1. The first-order valence-corrected chi connectivity index (χ1v) is 3.82. The van der Waals surface area contributed by atoms with E-state index >= 15 is 0 Å². The molecule has 0 aromatic heterocycles. The van der Waals surface area contributed by atoms with E-state index in [1.165, 1.54) is 7.11 Å². The van der Waals surface area contributed by atoms with Crippen LogP contribution in [0.25, 0.3) is 0 Å². The molecule has 0 saturated carbocycles. The standard InChI is InChI=1S/C9H12N2O2/c1-13-5-9(12)6-2-3-7(10)8(11)4-6/h2-4H,5,10-11H2,1H3. The highest BCUT2D eigenvalue weighted by atomic mass is 16.5. The minimum atomic E-state index is -0.103. The lowest BCUT2D eigenvalue weighted by Crippen LogP contribution is -2.08. The Morgan fingerprint density at radius 1 is 1.38 bits per heavy atom. The molecule has 0 saturated heterocycles. The number of hydrogen-bond acceptors (Lipinski definition) is 4. The van der Waals surface area contributed by atoms with Crippen molar-refractivity contribution >= 4 is 17.2 Å². The Morgan fingerprint density at radius 3 is 2.62 bits per heavy atom. The highest BCUT2D eigenvalue weighted by molar-refractivity contribution is 5.98. The van der Waals surface area contributed by atoms with Gasteiger partial charge in [-0.25, -0.2) is 0 Å². The highest BCUT2D eigenvalue weighted by Gasteiger charge is 2.06. The fraction of sp³-hybridized carbons (Fsp3) is 0.222. The molecule has 0 fully saturated rings. The molecule has 13 heavy (non-hydrogen) atoms. The third-order valence-electron chi connectivity index (χ3n) is 1.68. The fourth-order valence-corrected chi connectivity index (χ4v) is 0.963. The van der Waals surface area contributed by atoms with Crippen LogP contribution in [0.1, 0.15) is 10.4 Å². The van der Waals surface area contributed by atoms with E-state index in [2.05, 4.69) is 0 Å². The first kappa shape index (κ1) is 9.54. The molecule has 0 aliphatic carbocycles. The van der Waals surface area contributed by atoms with Gasteiger partial charge in [-0.3, -0.25) is 4.79 Å². The van der Waals surface area contributed by atoms with E-state index in [0.29, 0.717) is 16.9 Å². The minimum Gasteiger partial charge on any atom is -0.397 e. The van der Waals surface area contributed by atoms with Gasteiger partial charge in [-0.05, 0) is 18.2 Å². The van der Waals surface area contributed by atoms with Crippen molar-refractivity contribution in [1.82, 2.24) is 0 Å². The monoisotopic (exact) mass is 180 g/mol. The summed E-state index contributed by atoms with van der Waals surface area (Å²) in [5.74, 6) is -0.103. The zero-order valence-electron chi connectivity index (χ0n) is 7.41. The molecule has 0 amide bonds. The van der Waals surface area contributed by atoms with Crippen LogP contribution in [0.15, 0.2) is 18.2 Å². The van der Waals surface area contributed by atoms with Crippen molar-refractivity contribution in [1.29, 1.82) is 0 Å². The maximum Gasteiger partial charge on any atom is 0.188 e. The first-order chi connectivity index (χ1) is 6.15. The summed E-state index contributed by atoms with van der Waals surface area (Å²) in [5, 5.41) is 0. The number of carbonyl (C=O) groups excluding carboxylic acids is 1. The first-order valence-electron chi connectivity index (χ1n) is 3.82. The Balaban J connectivity index is 2.90. The van der Waals surface area contributed by atoms with Gasteiger partial charge in [0, 0.05) is 12.7 Å². The van der Waals surface area contributed by atoms with Gasteiger partial charge in [0.2, 0.25) is 0 Å². The van der Waals surface area contributed by atoms with Gasteiger partial charge in [-0.2, -0.15) is 0 Å². The molecule has 70 valence electrons. The summed E-state index contributed by atoms with van der Waals surface area (Å²) in [6.07, 6.45) is 0. The maximum atomic E-state index is 11.3. The van der Waals surface area contributed by atoms with E-state index in [0.717, 1.165) is 0 Å². The van der Waals surface area contributed by atoms with E-state index in [1.807, 2.05) is 0 Å². The van der Waals surface area contributed by atoms with Gasteiger partial charge < -0.3 is 16.2 Å². The van der Waals surface area contributed by atoms with Crippen LogP contribution < -0.4 is 11.5 Å². The number of nitrogens with two attached hydrogens (primary N) is 2. The Morgan fingerprint density at radius 2 is 2.08 bits per heavy atom. The molecule has 0 aliphatic rings. The minimum absolute atomic E-state index is 0.0589. The van der Waals surface area contributed by atoms with E-state index in [4.69, 9.17) is 16.2 Å². The second kappa shape index (κ2) is 3.91. The lowest BCUT2D eigenvalue weighted by atomic mass is 10.1. The van der Waals surface area contributed by atoms with Crippen molar-refractivity contribution in [2.45, 2.75) is 0 Å². The van der Waals surface area contributed by atoms with Crippen LogP contribution in [-0.4, -0.2) is 19.5 Å². The molecule has 0 bridgehead atoms. The molecule has 4 N–H and O–H groups in total. The van der Waals surface area contributed by atoms with Gasteiger partial charge in [0.15, 0.2) is 5.78 Å². The summed E-state index contributed by atoms with van der Waals surface area (Å²) in [4.78, 5) is 11.3. The molecule has 0 unspecified atom stereocenters. The lowest BCUT2D eigenvalue weighted by Gasteiger charge is -2.03. The van der Waals surface area contributed by atoms with Crippen LogP contribution in [0.4, 0.5) is 11.4 Å². The zero-order chi connectivity index (χ0) is 9.84. The van der Waals surface area contributed by atoms with Gasteiger partial charge in [0.05, 0.1) is 11.4 Å². The quantitative estimate of drug-likeness (QED) is 0.529. The Kier molecular flexibility index (Phi) is 2.87. The molecule has 1 aromatic carbocycles. The SMILES string of the molecule is COCC(=O)c1ccc(N)c(N)c1. The number of benzene rings is 1. The van der Waals surface area contributed by atoms with Gasteiger partial charge in [-0.1, -0.05) is 0 Å². The molecule has 4 nitrogen and oxygen atoms in total. The maximum absolute atomic E-state index is 11.3. The predicted octanol–water partition coefficient (Wildman–Crippen LogP) is 0.680. The second-order valence-electron chi connectivity index (χ2n) is 2.70. The summed E-state index contributed by atoms with van der Waals surface area (Å²) < 4.78 is 4.71. The third kappa shape index (κ3) is 2.19. The van der Waals surface area contributed by atoms with Gasteiger partial charge in [-0.15, -0.1) is 0 Å². The van der Waals surface area contributed by atoms with Crippen LogP contribution >= 0.6 is 0 Å². The Hall–Kier alpha value is -1.55. The van der Waals surface area contributed by atoms with Crippen LogP contribution in [0, 0.1) is 0 Å². The van der Waals surface area contributed by atoms with Crippen molar-refractivity contribution in [3.63, 3.8) is 0 Å². The Bertz CT molecular complexity index is 323. The van der Waals surface area contributed by atoms with Crippen LogP contribution in [-0.2, 0) is 4.74 Å². The average Bonchev–Trinajstić information content (AvgIpc) is 2.10. The molecule has 0 radical (unpaired) electrons. The molecule has 0 atom stereocenters. The number of methoxy groups -OCH3 is 1. The summed E-state index contributed by atoms with van der Waals surface area (Å²) >= 11 is 0. The van der Waals surface area contributed by atoms with Crippen molar-refractivity contribution in [2.24, 2.45) is 0 Å². The van der Waals surface area contributed by atoms with Gasteiger partial charge in [0.1, 0.15) is 6.61 Å². The zero-order valence-corrected chi connectivity index (χ0v) is 7.41. The van der Waals surface area contributed by atoms with Crippen molar-refractivity contribution in [3.8, 4) is 0 Å². The van der Waals surface area contributed by atoms with Gasteiger partial charge >= 0.3 is 0 Å². The number of carbonyl (C=O) groups is 1. The smallest absolute Gasteiger partial charge is 0.188 e. The summed E-state index contributed by atoms with van der Waals surface area (Å²) in [5.41, 5.74) is 12.5. The molecule has 0 heterocycles. The summed E-state index contributed by atoms with van der Waals surface area (Å²) in [6.45, 7) is 0.0589. The number of rotatable bonds is 3. The number of hydrogen-bond donors (Lipinski definition) is 2.